The first-order valence-corrected chi connectivity index (χ1v) is 11.4. The maximum absolute atomic E-state index is 13.0. The van der Waals surface area contributed by atoms with E-state index in [0.717, 1.165) is 54.7 Å². The highest BCUT2D eigenvalue weighted by Gasteiger charge is 2.35. The Balaban J connectivity index is 1.40. The zero-order chi connectivity index (χ0) is 22.2. The van der Waals surface area contributed by atoms with E-state index in [-0.39, 0.29) is 23.8 Å². The van der Waals surface area contributed by atoms with Crippen LogP contribution in [0.15, 0.2) is 52.9 Å². The van der Waals surface area contributed by atoms with Gasteiger partial charge in [-0.25, -0.2) is 0 Å². The normalized spacial score (nSPS) is 22.3. The first-order valence-electron chi connectivity index (χ1n) is 11.4. The summed E-state index contributed by atoms with van der Waals surface area (Å²) in [4.78, 5) is 27.5. The van der Waals surface area contributed by atoms with Crippen LogP contribution in [0.3, 0.4) is 0 Å². The summed E-state index contributed by atoms with van der Waals surface area (Å²) in [6, 6.07) is 15.6. The molecule has 6 rings (SSSR count). The summed E-state index contributed by atoms with van der Waals surface area (Å²) in [5.74, 6) is 0.638. The molecule has 3 aliphatic heterocycles. The van der Waals surface area contributed by atoms with Crippen molar-refractivity contribution < 1.29 is 14.0 Å². The highest BCUT2D eigenvalue weighted by atomic mass is 16.3. The van der Waals surface area contributed by atoms with Crippen molar-refractivity contribution in [3.63, 3.8) is 0 Å². The molecule has 6 nitrogen and oxygen atoms in total. The fourth-order valence-corrected chi connectivity index (χ4v) is 4.82. The third kappa shape index (κ3) is 4.02. The van der Waals surface area contributed by atoms with Crippen LogP contribution in [0.4, 0.5) is 5.69 Å². The number of hydrogen-bond acceptors (Lipinski definition) is 4. The number of para-hydroxylation sites is 1. The van der Waals surface area contributed by atoms with Gasteiger partial charge in [0.05, 0.1) is 0 Å². The lowest BCUT2D eigenvalue weighted by Gasteiger charge is -2.44. The third-order valence-electron chi connectivity index (χ3n) is 6.71. The van der Waals surface area contributed by atoms with Crippen molar-refractivity contribution in [2.75, 3.05) is 25.0 Å². The van der Waals surface area contributed by atoms with Crippen LogP contribution in [0.2, 0.25) is 0 Å². The molecule has 1 unspecified atom stereocenters. The number of rotatable bonds is 5. The summed E-state index contributed by atoms with van der Waals surface area (Å²) in [7, 11) is 0. The number of fused-ring (bicyclic) bond motifs is 4. The molecule has 3 aromatic rings. The molecular formula is C26H29N3O3. The van der Waals surface area contributed by atoms with E-state index < -0.39 is 0 Å². The topological polar surface area (TPSA) is 74.6 Å². The molecule has 166 valence electrons. The molecule has 0 radical (unpaired) electrons. The number of anilines is 1. The minimum absolute atomic E-state index is 0.0231. The number of carbonyl (C=O) groups is 2. The van der Waals surface area contributed by atoms with E-state index >= 15 is 0 Å². The molecule has 1 atom stereocenters. The number of furan rings is 1. The van der Waals surface area contributed by atoms with E-state index in [1.807, 2.05) is 62.4 Å². The highest BCUT2D eigenvalue weighted by Crippen LogP contribution is 2.33. The molecule has 2 amide bonds. The maximum Gasteiger partial charge on any atom is 0.287 e. The summed E-state index contributed by atoms with van der Waals surface area (Å²) in [5.41, 5.74) is 3.24. The quantitative estimate of drug-likeness (QED) is 0.623. The van der Waals surface area contributed by atoms with Crippen molar-refractivity contribution in [3.8, 4) is 11.1 Å². The Bertz CT molecular complexity index is 1160. The minimum atomic E-state index is -0.149. The largest absolute Gasteiger partial charge is 0.450 e. The average Bonchev–Trinajstić information content (AvgIpc) is 3.25. The fraction of sp³-hybridized carbons (Fsp3) is 0.385. The highest BCUT2D eigenvalue weighted by molar-refractivity contribution is 6.00. The Labute approximate surface area is 188 Å². The molecule has 3 fully saturated rings. The SMILES string of the molecule is CC(C)C(=O)Nc1cccc(-c2cccc3cc(C(=O)NC4CN5CCC4CC5)oc23)c1. The van der Waals surface area contributed by atoms with Gasteiger partial charge in [-0.3, -0.25) is 9.59 Å². The molecule has 2 N–H and O–H groups in total. The van der Waals surface area contributed by atoms with Crippen molar-refractivity contribution in [2.45, 2.75) is 32.7 Å². The maximum atomic E-state index is 13.0. The van der Waals surface area contributed by atoms with E-state index in [9.17, 15) is 9.59 Å². The van der Waals surface area contributed by atoms with Gasteiger partial charge in [0.2, 0.25) is 5.91 Å². The first kappa shape index (κ1) is 20.8. The summed E-state index contributed by atoms with van der Waals surface area (Å²) in [6.07, 6.45) is 2.30. The molecule has 0 saturated carbocycles. The van der Waals surface area contributed by atoms with Gasteiger partial charge in [0.25, 0.3) is 5.91 Å². The van der Waals surface area contributed by atoms with Crippen molar-refractivity contribution >= 4 is 28.5 Å². The fourth-order valence-electron chi connectivity index (χ4n) is 4.82. The molecule has 0 spiro atoms. The predicted octanol–water partition coefficient (Wildman–Crippen LogP) is 4.52. The van der Waals surface area contributed by atoms with Gasteiger partial charge in [-0.1, -0.05) is 44.2 Å². The molecule has 1 aromatic heterocycles. The summed E-state index contributed by atoms with van der Waals surface area (Å²) in [6.45, 7) is 6.94. The Hall–Kier alpha value is -3.12. The Morgan fingerprint density at radius 3 is 2.56 bits per heavy atom. The van der Waals surface area contributed by atoms with E-state index in [1.165, 1.54) is 0 Å². The van der Waals surface area contributed by atoms with Crippen molar-refractivity contribution in [2.24, 2.45) is 11.8 Å². The second kappa shape index (κ2) is 8.43. The van der Waals surface area contributed by atoms with Crippen molar-refractivity contribution in [3.05, 3.63) is 54.3 Å². The van der Waals surface area contributed by atoms with Gasteiger partial charge < -0.3 is 20.0 Å². The van der Waals surface area contributed by atoms with Crippen LogP contribution in [-0.2, 0) is 4.79 Å². The summed E-state index contributed by atoms with van der Waals surface area (Å²) >= 11 is 0. The molecule has 3 saturated heterocycles. The van der Waals surface area contributed by atoms with Crippen molar-refractivity contribution in [1.82, 2.24) is 10.2 Å². The molecule has 4 heterocycles. The smallest absolute Gasteiger partial charge is 0.287 e. The molecule has 32 heavy (non-hydrogen) atoms. The lowest BCUT2D eigenvalue weighted by Crippen LogP contribution is -2.57. The first-order chi connectivity index (χ1) is 15.5. The number of nitrogens with zero attached hydrogens (tertiary/aromatic N) is 1. The van der Waals surface area contributed by atoms with E-state index in [2.05, 4.69) is 15.5 Å². The standard InChI is InChI=1S/C26H29N3O3/c1-16(2)25(30)27-20-7-3-5-18(13-20)21-8-4-6-19-14-23(32-24(19)21)26(31)28-22-15-29-11-9-17(22)10-12-29/h3-8,13-14,16-17,22H,9-12,15H2,1-2H3,(H,27,30)(H,28,31). The Morgan fingerprint density at radius 2 is 1.84 bits per heavy atom. The van der Waals surface area contributed by atoms with E-state index in [1.54, 1.807) is 0 Å². The Kier molecular flexibility index (Phi) is 5.47. The van der Waals surface area contributed by atoms with Gasteiger partial charge in [-0.05, 0) is 55.6 Å². The van der Waals surface area contributed by atoms with Crippen LogP contribution in [0, 0.1) is 11.8 Å². The lowest BCUT2D eigenvalue weighted by molar-refractivity contribution is -0.118. The number of carbonyl (C=O) groups excluding carboxylic acids is 2. The zero-order valence-electron chi connectivity index (χ0n) is 18.6. The number of nitrogens with one attached hydrogen (secondary N) is 2. The van der Waals surface area contributed by atoms with Crippen LogP contribution in [0.5, 0.6) is 0 Å². The molecule has 0 aliphatic carbocycles. The molecule has 6 heteroatoms. The van der Waals surface area contributed by atoms with E-state index in [4.69, 9.17) is 4.42 Å². The number of piperidine rings is 3. The Morgan fingerprint density at radius 1 is 1.06 bits per heavy atom. The number of benzene rings is 2. The molecule has 2 bridgehead atoms. The van der Waals surface area contributed by atoms with Gasteiger partial charge >= 0.3 is 0 Å². The van der Waals surface area contributed by atoms with Crippen LogP contribution >= 0.6 is 0 Å². The van der Waals surface area contributed by atoms with Crippen LogP contribution in [-0.4, -0.2) is 42.4 Å². The number of hydrogen-bond donors (Lipinski definition) is 2. The molecular weight excluding hydrogens is 402 g/mol. The van der Waals surface area contributed by atoms with E-state index in [0.29, 0.717) is 17.3 Å². The van der Waals surface area contributed by atoms with Crippen LogP contribution in [0.25, 0.3) is 22.1 Å². The second-order valence-electron chi connectivity index (χ2n) is 9.28. The summed E-state index contributed by atoms with van der Waals surface area (Å²) in [5, 5.41) is 7.04. The van der Waals surface area contributed by atoms with Gasteiger partial charge in [0.1, 0.15) is 5.58 Å². The van der Waals surface area contributed by atoms with Gasteiger partial charge in [0, 0.05) is 35.1 Å². The van der Waals surface area contributed by atoms with Gasteiger partial charge in [-0.2, -0.15) is 0 Å². The van der Waals surface area contributed by atoms with Gasteiger partial charge in [-0.15, -0.1) is 0 Å². The third-order valence-corrected chi connectivity index (χ3v) is 6.71. The summed E-state index contributed by atoms with van der Waals surface area (Å²) < 4.78 is 6.08. The van der Waals surface area contributed by atoms with Crippen molar-refractivity contribution in [1.29, 1.82) is 0 Å². The minimum Gasteiger partial charge on any atom is -0.450 e. The zero-order valence-corrected chi connectivity index (χ0v) is 18.6. The average molecular weight is 432 g/mol. The monoisotopic (exact) mass is 431 g/mol. The second-order valence-corrected chi connectivity index (χ2v) is 9.28. The van der Waals surface area contributed by atoms with Crippen LogP contribution < -0.4 is 10.6 Å². The van der Waals surface area contributed by atoms with Crippen LogP contribution in [0.1, 0.15) is 37.2 Å². The molecule has 2 aromatic carbocycles. The predicted molar refractivity (Wildman–Crippen MR) is 126 cm³/mol. The van der Waals surface area contributed by atoms with Gasteiger partial charge in [0.15, 0.2) is 5.76 Å². The lowest BCUT2D eigenvalue weighted by atomic mass is 9.84. The molecule has 3 aliphatic rings. The number of amides is 2.